The number of primary amides is 1. The number of halogens is 1. The highest BCUT2D eigenvalue weighted by atomic mass is 19.1. The average molecular weight is 406 g/mol. The van der Waals surface area contributed by atoms with Crippen LogP contribution in [0.3, 0.4) is 0 Å². The molecule has 0 aromatic carbocycles. The number of carbonyl (C=O) groups is 1. The topological polar surface area (TPSA) is 87.6 Å². The molecule has 1 aliphatic heterocycles. The van der Waals surface area contributed by atoms with Crippen molar-refractivity contribution >= 4 is 11.7 Å². The van der Waals surface area contributed by atoms with Crippen LogP contribution in [0.5, 0.6) is 0 Å². The van der Waals surface area contributed by atoms with E-state index in [2.05, 4.69) is 21.9 Å². The summed E-state index contributed by atoms with van der Waals surface area (Å²) in [6.45, 7) is 1.91. The molecule has 2 unspecified atom stereocenters. The second-order valence-corrected chi connectivity index (χ2v) is 10.1. The molecule has 7 nitrogen and oxygen atoms in total. The number of aryl methyl sites for hydroxylation is 1. The number of aromatic nitrogens is 2. The number of carbonyl (C=O) groups excluding carboxylic acids is 1. The lowest BCUT2D eigenvalue weighted by Crippen LogP contribution is -2.65. The Morgan fingerprint density at radius 3 is 2.52 bits per heavy atom. The van der Waals surface area contributed by atoms with Gasteiger partial charge in [0.25, 0.3) is 5.91 Å². The Hall–Kier alpha value is -1.67. The number of rotatable bonds is 4. The zero-order valence-corrected chi connectivity index (χ0v) is 17.4. The average Bonchev–Trinajstić information content (AvgIpc) is 2.91. The number of amides is 1. The van der Waals surface area contributed by atoms with Crippen molar-refractivity contribution in [3.8, 4) is 0 Å². The minimum atomic E-state index is -0.829. The number of hydrogen-bond donors (Lipinski definition) is 2. The molecule has 1 saturated heterocycles. The van der Waals surface area contributed by atoms with Gasteiger partial charge in [0.05, 0.1) is 5.60 Å². The number of hydrogen-bond acceptors (Lipinski definition) is 5. The maximum absolute atomic E-state index is 15.4. The third-order valence-corrected chi connectivity index (χ3v) is 7.94. The highest BCUT2D eigenvalue weighted by Gasteiger charge is 2.57. The first-order chi connectivity index (χ1) is 13.8. The van der Waals surface area contributed by atoms with Gasteiger partial charge in [0.15, 0.2) is 17.3 Å². The van der Waals surface area contributed by atoms with Gasteiger partial charge in [-0.3, -0.25) is 4.79 Å². The molecule has 29 heavy (non-hydrogen) atoms. The van der Waals surface area contributed by atoms with Crippen molar-refractivity contribution in [1.29, 1.82) is 0 Å². The van der Waals surface area contributed by atoms with Crippen LogP contribution in [0.15, 0.2) is 0 Å². The standard InChI is InChI=1S/C21H32FN5O2/c1-25-5-3-4-15(11-25)27(20-16(22)17(19(23)28)24-26(20)2)18-13-6-12-7-14(18)10-21(29,8-12)9-13/h12-15,18,29H,3-11H2,1-2H3,(H2,23,28)/t12?,13?,14?,15-,18?,21?/m1/s1. The fourth-order valence-electron chi connectivity index (χ4n) is 7.26. The third-order valence-electron chi connectivity index (χ3n) is 7.94. The van der Waals surface area contributed by atoms with Crippen molar-refractivity contribution < 1.29 is 14.3 Å². The molecule has 0 radical (unpaired) electrons. The summed E-state index contributed by atoms with van der Waals surface area (Å²) in [5, 5.41) is 15.2. The summed E-state index contributed by atoms with van der Waals surface area (Å²) in [6, 6.07) is 0.338. The molecule has 4 aliphatic carbocycles. The van der Waals surface area contributed by atoms with E-state index >= 15 is 4.39 Å². The van der Waals surface area contributed by atoms with Crippen LogP contribution in [0, 0.1) is 23.6 Å². The van der Waals surface area contributed by atoms with Gasteiger partial charge in [-0.1, -0.05) is 0 Å². The summed E-state index contributed by atoms with van der Waals surface area (Å²) in [5.41, 5.74) is 4.58. The Labute approximate surface area is 171 Å². The number of likely N-dealkylation sites (N-methyl/N-ethyl adjacent to an activating group) is 1. The van der Waals surface area contributed by atoms with Crippen molar-refractivity contribution in [2.45, 2.75) is 62.6 Å². The Bertz CT molecular complexity index is 810. The number of likely N-dealkylation sites (tertiary alicyclic amines) is 1. The summed E-state index contributed by atoms with van der Waals surface area (Å²) >= 11 is 0. The van der Waals surface area contributed by atoms with Gasteiger partial charge in [-0.2, -0.15) is 5.10 Å². The molecule has 5 aliphatic rings. The number of piperidine rings is 1. The molecule has 1 amide bonds. The van der Waals surface area contributed by atoms with Crippen LogP contribution < -0.4 is 10.6 Å². The quantitative estimate of drug-likeness (QED) is 0.793. The first-order valence-electron chi connectivity index (χ1n) is 11.0. The maximum atomic E-state index is 15.4. The predicted octanol–water partition coefficient (Wildman–Crippen LogP) is 1.50. The Kier molecular flexibility index (Phi) is 4.44. The van der Waals surface area contributed by atoms with E-state index in [0.29, 0.717) is 23.6 Å². The van der Waals surface area contributed by atoms with Crippen LogP contribution in [0.25, 0.3) is 0 Å². The molecular formula is C21H32FN5O2. The van der Waals surface area contributed by atoms with Gasteiger partial charge in [0, 0.05) is 25.7 Å². The molecule has 4 bridgehead atoms. The van der Waals surface area contributed by atoms with Gasteiger partial charge in [-0.15, -0.1) is 0 Å². The largest absolute Gasteiger partial charge is 0.390 e. The second kappa shape index (κ2) is 6.67. The molecule has 5 fully saturated rings. The zero-order chi connectivity index (χ0) is 20.5. The van der Waals surface area contributed by atoms with Crippen LogP contribution in [0.2, 0.25) is 0 Å². The molecule has 1 aromatic rings. The fourth-order valence-corrected chi connectivity index (χ4v) is 7.26. The molecule has 4 saturated carbocycles. The van der Waals surface area contributed by atoms with Gasteiger partial charge >= 0.3 is 0 Å². The smallest absolute Gasteiger partial charge is 0.272 e. The summed E-state index contributed by atoms with van der Waals surface area (Å²) in [5.74, 6) is 0.255. The molecule has 6 rings (SSSR count). The van der Waals surface area contributed by atoms with Gasteiger partial charge in [0.1, 0.15) is 0 Å². The SMILES string of the molecule is CN1CCC[C@@H](N(c2c(F)c(C(N)=O)nn2C)C2C3CC4CC2CC(O)(C4)C3)C1. The van der Waals surface area contributed by atoms with Gasteiger partial charge in [-0.25, -0.2) is 9.07 Å². The number of anilines is 1. The van der Waals surface area contributed by atoms with E-state index in [4.69, 9.17) is 5.73 Å². The Morgan fingerprint density at radius 2 is 1.97 bits per heavy atom. The van der Waals surface area contributed by atoms with E-state index in [1.807, 2.05) is 0 Å². The van der Waals surface area contributed by atoms with Crippen LogP contribution in [-0.2, 0) is 7.05 Å². The normalized spacial score (nSPS) is 39.1. The molecule has 2 heterocycles. The lowest BCUT2D eigenvalue weighted by atomic mass is 9.52. The zero-order valence-electron chi connectivity index (χ0n) is 17.4. The molecule has 3 N–H and O–H groups in total. The third kappa shape index (κ3) is 3.06. The summed E-state index contributed by atoms with van der Waals surface area (Å²) in [7, 11) is 3.81. The minimum Gasteiger partial charge on any atom is -0.390 e. The van der Waals surface area contributed by atoms with Crippen LogP contribution in [0.4, 0.5) is 10.2 Å². The highest BCUT2D eigenvalue weighted by molar-refractivity contribution is 5.92. The summed E-state index contributed by atoms with van der Waals surface area (Å²) < 4.78 is 17.0. The summed E-state index contributed by atoms with van der Waals surface area (Å²) in [4.78, 5) is 16.3. The van der Waals surface area contributed by atoms with Crippen molar-refractivity contribution in [2.75, 3.05) is 25.0 Å². The second-order valence-electron chi connectivity index (χ2n) is 10.1. The highest BCUT2D eigenvalue weighted by Crippen LogP contribution is 2.58. The van der Waals surface area contributed by atoms with Gasteiger partial charge in [0.2, 0.25) is 0 Å². The summed E-state index contributed by atoms with van der Waals surface area (Å²) in [6.07, 6.45) is 6.77. The monoisotopic (exact) mass is 405 g/mol. The number of nitrogens with zero attached hydrogens (tertiary/aromatic N) is 4. The Balaban J connectivity index is 1.58. The van der Waals surface area contributed by atoms with E-state index in [1.165, 1.54) is 4.68 Å². The van der Waals surface area contributed by atoms with Gasteiger partial charge < -0.3 is 20.6 Å². The molecular weight excluding hydrogens is 373 g/mol. The van der Waals surface area contributed by atoms with Crippen LogP contribution >= 0.6 is 0 Å². The molecule has 0 spiro atoms. The molecule has 1 aromatic heterocycles. The minimum absolute atomic E-state index is 0.163. The lowest BCUT2D eigenvalue weighted by Gasteiger charge is -2.61. The van der Waals surface area contributed by atoms with Crippen molar-refractivity contribution in [3.05, 3.63) is 11.5 Å². The molecule has 3 atom stereocenters. The molecule has 160 valence electrons. The lowest BCUT2D eigenvalue weighted by molar-refractivity contribution is -0.135. The first-order valence-corrected chi connectivity index (χ1v) is 11.0. The van der Waals surface area contributed by atoms with E-state index < -0.39 is 17.3 Å². The number of aliphatic hydroxyl groups is 1. The predicted molar refractivity (Wildman–Crippen MR) is 107 cm³/mol. The Morgan fingerprint density at radius 1 is 1.28 bits per heavy atom. The van der Waals surface area contributed by atoms with Crippen LogP contribution in [-0.4, -0.2) is 63.5 Å². The molecule has 8 heteroatoms. The van der Waals surface area contributed by atoms with Crippen molar-refractivity contribution in [1.82, 2.24) is 14.7 Å². The van der Waals surface area contributed by atoms with E-state index in [-0.39, 0.29) is 17.8 Å². The van der Waals surface area contributed by atoms with Gasteiger partial charge in [-0.05, 0) is 76.3 Å². The van der Waals surface area contributed by atoms with Crippen LogP contribution in [0.1, 0.15) is 55.4 Å². The van der Waals surface area contributed by atoms with E-state index in [0.717, 1.165) is 58.0 Å². The first kappa shape index (κ1) is 19.3. The van der Waals surface area contributed by atoms with Crippen molar-refractivity contribution in [2.24, 2.45) is 30.5 Å². The maximum Gasteiger partial charge on any atom is 0.272 e. The van der Waals surface area contributed by atoms with E-state index in [1.54, 1.807) is 7.05 Å². The van der Waals surface area contributed by atoms with E-state index in [9.17, 15) is 9.90 Å². The fraction of sp³-hybridized carbons (Fsp3) is 0.810. The number of nitrogens with two attached hydrogens (primary N) is 1. The van der Waals surface area contributed by atoms with Crippen molar-refractivity contribution in [3.63, 3.8) is 0 Å².